The van der Waals surface area contributed by atoms with Crippen LogP contribution in [0, 0.1) is 10.1 Å². The number of fused-ring (bicyclic) bond motifs is 1. The molecule has 9 nitrogen and oxygen atoms in total. The normalized spacial score (nSPS) is 11.9. The molecule has 0 saturated carbocycles. The van der Waals surface area contributed by atoms with Gasteiger partial charge in [0.25, 0.3) is 5.69 Å². The summed E-state index contributed by atoms with van der Waals surface area (Å²) in [5.74, 6) is 0.00977. The quantitative estimate of drug-likeness (QED) is 0.402. The van der Waals surface area contributed by atoms with Gasteiger partial charge < -0.3 is 10.1 Å². The number of nitro groups is 1. The zero-order valence-electron chi connectivity index (χ0n) is 13.9. The minimum absolute atomic E-state index is 0.134. The number of aromatic nitrogens is 3. The highest BCUT2D eigenvalue weighted by atomic mass is 32.2. The van der Waals surface area contributed by atoms with Gasteiger partial charge in [0.1, 0.15) is 5.75 Å². The van der Waals surface area contributed by atoms with Gasteiger partial charge in [-0.05, 0) is 25.1 Å². The lowest BCUT2D eigenvalue weighted by molar-refractivity contribution is -0.384. The number of anilines is 1. The lowest BCUT2D eigenvalue weighted by Crippen LogP contribution is -2.23. The van der Waals surface area contributed by atoms with E-state index in [1.807, 2.05) is 24.4 Å². The van der Waals surface area contributed by atoms with E-state index in [1.165, 1.54) is 37.1 Å². The van der Waals surface area contributed by atoms with Gasteiger partial charge >= 0.3 is 0 Å². The van der Waals surface area contributed by atoms with Crippen LogP contribution in [-0.4, -0.2) is 37.8 Å². The van der Waals surface area contributed by atoms with E-state index in [0.29, 0.717) is 16.6 Å². The Morgan fingerprint density at radius 1 is 1.35 bits per heavy atom. The molecule has 0 aliphatic rings. The van der Waals surface area contributed by atoms with Crippen molar-refractivity contribution in [1.29, 1.82) is 0 Å². The largest absolute Gasteiger partial charge is 0.495 e. The molecular weight excluding hydrogens is 358 g/mol. The first kappa shape index (κ1) is 17.7. The number of carbonyl (C=O) groups excluding carboxylic acids is 1. The van der Waals surface area contributed by atoms with Gasteiger partial charge in [-0.3, -0.25) is 19.3 Å². The predicted molar refractivity (Wildman–Crippen MR) is 96.6 cm³/mol. The van der Waals surface area contributed by atoms with Crippen molar-refractivity contribution in [2.45, 2.75) is 17.3 Å². The maximum absolute atomic E-state index is 12.5. The summed E-state index contributed by atoms with van der Waals surface area (Å²) in [5.41, 5.74) is 0.790. The van der Waals surface area contributed by atoms with Gasteiger partial charge in [-0.2, -0.15) is 0 Å². The number of benzene rings is 1. The Morgan fingerprint density at radius 3 is 2.88 bits per heavy atom. The number of carbonyl (C=O) groups is 1. The van der Waals surface area contributed by atoms with Crippen molar-refractivity contribution in [3.05, 3.63) is 52.7 Å². The Kier molecular flexibility index (Phi) is 5.03. The molecule has 0 fully saturated rings. The average molecular weight is 373 g/mol. The molecular formula is C16H15N5O4S. The van der Waals surface area contributed by atoms with Crippen molar-refractivity contribution < 1.29 is 14.5 Å². The average Bonchev–Trinajstić information content (AvgIpc) is 3.04. The van der Waals surface area contributed by atoms with Crippen LogP contribution in [0.3, 0.4) is 0 Å². The summed E-state index contributed by atoms with van der Waals surface area (Å²) in [6.07, 6.45) is 1.81. The molecule has 3 aromatic rings. The Labute approximate surface area is 152 Å². The van der Waals surface area contributed by atoms with Crippen molar-refractivity contribution in [3.63, 3.8) is 0 Å². The van der Waals surface area contributed by atoms with E-state index in [0.717, 1.165) is 0 Å². The lowest BCUT2D eigenvalue weighted by Gasteiger charge is -2.13. The second kappa shape index (κ2) is 7.40. The van der Waals surface area contributed by atoms with Gasteiger partial charge in [-0.15, -0.1) is 10.2 Å². The van der Waals surface area contributed by atoms with Gasteiger partial charge in [-0.1, -0.05) is 17.8 Å². The van der Waals surface area contributed by atoms with Crippen LogP contribution in [0.15, 0.2) is 47.8 Å². The van der Waals surface area contributed by atoms with Crippen molar-refractivity contribution in [3.8, 4) is 5.75 Å². The second-order valence-electron chi connectivity index (χ2n) is 5.30. The molecule has 0 aliphatic heterocycles. The van der Waals surface area contributed by atoms with Gasteiger partial charge in [0.15, 0.2) is 10.8 Å². The molecule has 26 heavy (non-hydrogen) atoms. The number of hydrogen-bond donors (Lipinski definition) is 1. The van der Waals surface area contributed by atoms with Gasteiger partial charge in [0.05, 0.1) is 23.0 Å². The fraction of sp³-hybridized carbons (Fsp3) is 0.188. The first-order valence-corrected chi connectivity index (χ1v) is 8.47. The lowest BCUT2D eigenvalue weighted by atomic mass is 10.2. The number of nitro benzene ring substituents is 1. The monoisotopic (exact) mass is 373 g/mol. The van der Waals surface area contributed by atoms with Crippen LogP contribution in [0.2, 0.25) is 0 Å². The number of rotatable bonds is 6. The molecule has 10 heteroatoms. The molecule has 2 aromatic heterocycles. The number of nitrogens with one attached hydrogen (secondary N) is 1. The van der Waals surface area contributed by atoms with Gasteiger partial charge in [0.2, 0.25) is 5.91 Å². The van der Waals surface area contributed by atoms with E-state index in [2.05, 4.69) is 15.5 Å². The van der Waals surface area contributed by atoms with E-state index in [4.69, 9.17) is 4.74 Å². The van der Waals surface area contributed by atoms with Crippen LogP contribution < -0.4 is 10.1 Å². The third-order valence-corrected chi connectivity index (χ3v) is 4.64. The predicted octanol–water partition coefficient (Wildman–Crippen LogP) is 2.77. The second-order valence-corrected chi connectivity index (χ2v) is 6.61. The minimum Gasteiger partial charge on any atom is -0.495 e. The first-order valence-electron chi connectivity index (χ1n) is 7.59. The third-order valence-electron chi connectivity index (χ3n) is 3.59. The third kappa shape index (κ3) is 3.59. The Hall–Kier alpha value is -3.14. The molecule has 2 heterocycles. The zero-order valence-corrected chi connectivity index (χ0v) is 14.8. The van der Waals surface area contributed by atoms with E-state index in [-0.39, 0.29) is 17.3 Å². The summed E-state index contributed by atoms with van der Waals surface area (Å²) in [6, 6.07) is 9.53. The Balaban J connectivity index is 1.77. The van der Waals surface area contributed by atoms with Gasteiger partial charge in [0, 0.05) is 18.3 Å². The van der Waals surface area contributed by atoms with E-state index in [1.54, 1.807) is 11.3 Å². The Morgan fingerprint density at radius 2 is 2.15 bits per heavy atom. The first-order chi connectivity index (χ1) is 12.5. The molecule has 0 aliphatic carbocycles. The molecule has 0 radical (unpaired) electrons. The van der Waals surface area contributed by atoms with Crippen molar-refractivity contribution in [2.24, 2.45) is 0 Å². The number of ether oxygens (including phenoxy) is 1. The van der Waals surface area contributed by atoms with Crippen LogP contribution >= 0.6 is 11.8 Å². The fourth-order valence-electron chi connectivity index (χ4n) is 2.25. The summed E-state index contributed by atoms with van der Waals surface area (Å²) in [6.45, 7) is 1.72. The number of thioether (sulfide) groups is 1. The molecule has 1 atom stereocenters. The van der Waals surface area contributed by atoms with Crippen LogP contribution in [-0.2, 0) is 4.79 Å². The van der Waals surface area contributed by atoms with Crippen LogP contribution in [0.4, 0.5) is 11.4 Å². The maximum Gasteiger partial charge on any atom is 0.271 e. The maximum atomic E-state index is 12.5. The number of pyridine rings is 1. The molecule has 0 bridgehead atoms. The molecule has 0 saturated heterocycles. The van der Waals surface area contributed by atoms with E-state index < -0.39 is 10.2 Å². The summed E-state index contributed by atoms with van der Waals surface area (Å²) in [4.78, 5) is 22.9. The fourth-order valence-corrected chi connectivity index (χ4v) is 3.09. The van der Waals surface area contributed by atoms with Crippen LogP contribution in [0.1, 0.15) is 6.92 Å². The SMILES string of the molecule is COc1ccc([N+](=O)[O-])cc1NC(=O)[C@@H](C)Sc1nnc2ccccn12. The smallest absolute Gasteiger partial charge is 0.271 e. The molecule has 0 spiro atoms. The number of non-ortho nitro benzene ring substituents is 1. The van der Waals surface area contributed by atoms with Crippen molar-refractivity contribution in [2.75, 3.05) is 12.4 Å². The van der Waals surface area contributed by atoms with Gasteiger partial charge in [-0.25, -0.2) is 0 Å². The van der Waals surface area contributed by atoms with E-state index >= 15 is 0 Å². The number of hydrogen-bond acceptors (Lipinski definition) is 7. The molecule has 134 valence electrons. The van der Waals surface area contributed by atoms with Crippen LogP contribution in [0.5, 0.6) is 5.75 Å². The summed E-state index contributed by atoms with van der Waals surface area (Å²) >= 11 is 1.23. The number of nitrogens with zero attached hydrogens (tertiary/aromatic N) is 4. The highest BCUT2D eigenvalue weighted by Gasteiger charge is 2.20. The van der Waals surface area contributed by atoms with Crippen LogP contribution in [0.25, 0.3) is 5.65 Å². The van der Waals surface area contributed by atoms with Crippen molar-refractivity contribution >= 4 is 34.7 Å². The van der Waals surface area contributed by atoms with Crippen molar-refractivity contribution in [1.82, 2.24) is 14.6 Å². The highest BCUT2D eigenvalue weighted by Crippen LogP contribution is 2.30. The molecule has 0 unspecified atom stereocenters. The van der Waals surface area contributed by atoms with E-state index in [9.17, 15) is 14.9 Å². The summed E-state index contributed by atoms with van der Waals surface area (Å²) in [5, 5.41) is 21.8. The minimum atomic E-state index is -0.532. The Bertz CT molecular complexity index is 974. The molecule has 3 rings (SSSR count). The number of amides is 1. The standard InChI is InChI=1S/C16H15N5O4S/c1-10(26-16-19-18-14-5-3-4-8-20(14)16)15(22)17-12-9-11(21(23)24)6-7-13(12)25-2/h3-10H,1-2H3,(H,17,22)/t10-/m1/s1. The topological polar surface area (TPSA) is 112 Å². The summed E-state index contributed by atoms with van der Waals surface area (Å²) in [7, 11) is 1.43. The number of methoxy groups -OCH3 is 1. The zero-order chi connectivity index (χ0) is 18.7. The highest BCUT2D eigenvalue weighted by molar-refractivity contribution is 8.00. The molecule has 1 aromatic carbocycles. The molecule has 1 N–H and O–H groups in total. The summed E-state index contributed by atoms with van der Waals surface area (Å²) < 4.78 is 6.93. The molecule has 1 amide bonds.